The number of primary amides is 1. The van der Waals surface area contributed by atoms with Crippen molar-refractivity contribution in [3.05, 3.63) is 12.7 Å². The lowest BCUT2D eigenvalue weighted by molar-refractivity contribution is -0.175. The molecule has 5 N–H and O–H groups in total. The van der Waals surface area contributed by atoms with Crippen LogP contribution in [0, 0.1) is 5.92 Å². The van der Waals surface area contributed by atoms with Gasteiger partial charge in [-0.1, -0.05) is 25.8 Å². The fourth-order valence-corrected chi connectivity index (χ4v) is 2.59. The maximum atomic E-state index is 12.0. The predicted molar refractivity (Wildman–Crippen MR) is 87.2 cm³/mol. The molecule has 1 unspecified atom stereocenters. The maximum Gasteiger partial charge on any atom is 0.224 e. The van der Waals surface area contributed by atoms with E-state index in [2.05, 4.69) is 6.58 Å². The summed E-state index contributed by atoms with van der Waals surface area (Å²) < 4.78 is 19.1. The van der Waals surface area contributed by atoms with Gasteiger partial charge in [0.05, 0.1) is 11.7 Å². The molecule has 1 heterocycles. The van der Waals surface area contributed by atoms with E-state index in [1.807, 2.05) is 6.92 Å². The molecule has 1 amide bonds. The fraction of sp³-hybridized carbons (Fsp3) is 0.714. The molecule has 1 fully saturated rings. The van der Waals surface area contributed by atoms with Gasteiger partial charge in [0.15, 0.2) is 11.4 Å². The van der Waals surface area contributed by atoms with Gasteiger partial charge in [0.2, 0.25) is 5.91 Å². The SMILES string of the molecule is C=CC[SH](=O)=O.CCCCCC(=O)[C@@]1(N)C(C(N)=O)CCN1O. The van der Waals surface area contributed by atoms with Gasteiger partial charge < -0.3 is 16.7 Å². The van der Waals surface area contributed by atoms with Gasteiger partial charge in [0.1, 0.15) is 10.7 Å². The van der Waals surface area contributed by atoms with Crippen LogP contribution in [0.4, 0.5) is 0 Å². The molecule has 1 rings (SSSR count). The van der Waals surface area contributed by atoms with Crippen molar-refractivity contribution in [2.75, 3.05) is 12.3 Å². The third-order valence-corrected chi connectivity index (χ3v) is 4.22. The summed E-state index contributed by atoms with van der Waals surface area (Å²) >= 11 is 0. The van der Waals surface area contributed by atoms with Crippen molar-refractivity contribution in [3.63, 3.8) is 0 Å². The van der Waals surface area contributed by atoms with Crippen molar-refractivity contribution >= 4 is 22.4 Å². The van der Waals surface area contributed by atoms with E-state index in [1.54, 1.807) is 0 Å². The van der Waals surface area contributed by atoms with Gasteiger partial charge in [-0.2, -0.15) is 5.06 Å². The molecule has 1 aliphatic heterocycles. The molecule has 134 valence electrons. The van der Waals surface area contributed by atoms with Crippen LogP contribution in [0.25, 0.3) is 0 Å². The molecule has 2 atom stereocenters. The average molecular weight is 349 g/mol. The van der Waals surface area contributed by atoms with Crippen LogP contribution in [0.5, 0.6) is 0 Å². The number of nitrogens with two attached hydrogens (primary N) is 2. The highest BCUT2D eigenvalue weighted by atomic mass is 32.2. The second-order valence-electron chi connectivity index (χ2n) is 5.38. The number of nitrogens with zero attached hydrogens (tertiary/aromatic N) is 1. The number of amides is 1. The van der Waals surface area contributed by atoms with Gasteiger partial charge in [0, 0.05) is 13.0 Å². The summed E-state index contributed by atoms with van der Waals surface area (Å²) in [6.45, 7) is 5.45. The second kappa shape index (κ2) is 10.5. The molecule has 8 nitrogen and oxygen atoms in total. The van der Waals surface area contributed by atoms with Gasteiger partial charge in [0.25, 0.3) is 0 Å². The number of unbranched alkanes of at least 4 members (excludes halogenated alkanes) is 2. The number of hydrogen-bond donors (Lipinski definition) is 4. The standard InChI is InChI=1S/C11H21N3O3.C3H6O2S/c1-2-3-4-5-9(15)11(13)8(10(12)16)6-7-14(11)17;1-2-3-6(4)5/h8,17H,2-7,13H2,1H3,(H2,12,16);2,6H,1,3H2/t8?,11-;/m1./s1. The molecular formula is C14H27N3O5S. The molecule has 0 aromatic carbocycles. The van der Waals surface area contributed by atoms with E-state index in [1.165, 1.54) is 6.08 Å². The molecule has 0 aromatic rings. The summed E-state index contributed by atoms with van der Waals surface area (Å²) in [5.74, 6) is -1.65. The minimum atomic E-state index is -2.22. The average Bonchev–Trinajstić information content (AvgIpc) is 2.77. The number of rotatable bonds is 8. The first-order valence-electron chi connectivity index (χ1n) is 7.52. The molecule has 23 heavy (non-hydrogen) atoms. The normalized spacial score (nSPS) is 24.1. The van der Waals surface area contributed by atoms with Crippen LogP contribution >= 0.6 is 0 Å². The van der Waals surface area contributed by atoms with Crippen LogP contribution < -0.4 is 11.5 Å². The monoisotopic (exact) mass is 349 g/mol. The van der Waals surface area contributed by atoms with E-state index in [0.717, 1.165) is 17.9 Å². The number of hydrogen-bond acceptors (Lipinski definition) is 7. The van der Waals surface area contributed by atoms with E-state index < -0.39 is 28.2 Å². The molecule has 0 aliphatic carbocycles. The highest BCUT2D eigenvalue weighted by Gasteiger charge is 2.53. The first-order valence-corrected chi connectivity index (χ1v) is 8.88. The molecule has 1 aliphatic rings. The Kier molecular flexibility index (Phi) is 9.89. The lowest BCUT2D eigenvalue weighted by atomic mass is 9.87. The summed E-state index contributed by atoms with van der Waals surface area (Å²) in [5, 5.41) is 10.4. The van der Waals surface area contributed by atoms with E-state index in [-0.39, 0.29) is 24.5 Å². The van der Waals surface area contributed by atoms with Crippen LogP contribution in [0.3, 0.4) is 0 Å². The Morgan fingerprint density at radius 3 is 2.43 bits per heavy atom. The van der Waals surface area contributed by atoms with Gasteiger partial charge in [-0.15, -0.1) is 6.58 Å². The second-order valence-corrected chi connectivity index (χ2v) is 6.41. The fourth-order valence-electron chi connectivity index (χ4n) is 2.37. The molecule has 9 heteroatoms. The molecule has 0 saturated carbocycles. The smallest absolute Gasteiger partial charge is 0.224 e. The minimum absolute atomic E-state index is 0.0926. The first-order chi connectivity index (χ1) is 10.7. The van der Waals surface area contributed by atoms with Crippen molar-refractivity contribution in [1.29, 1.82) is 0 Å². The zero-order valence-corrected chi connectivity index (χ0v) is 14.3. The summed E-state index contributed by atoms with van der Waals surface area (Å²) in [6, 6.07) is 0. The Labute approximate surface area is 138 Å². The van der Waals surface area contributed by atoms with E-state index >= 15 is 0 Å². The summed E-state index contributed by atoms with van der Waals surface area (Å²) in [5.41, 5.74) is 9.49. The lowest BCUT2D eigenvalue weighted by Crippen LogP contribution is -2.63. The summed E-state index contributed by atoms with van der Waals surface area (Å²) in [7, 11) is -2.22. The Hall–Kier alpha value is -1.29. The van der Waals surface area contributed by atoms with Crippen LogP contribution in [-0.4, -0.2) is 48.3 Å². The maximum absolute atomic E-state index is 12.0. The van der Waals surface area contributed by atoms with Crippen molar-refractivity contribution in [2.45, 2.75) is 44.7 Å². The van der Waals surface area contributed by atoms with Crippen LogP contribution in [0.2, 0.25) is 0 Å². The lowest BCUT2D eigenvalue weighted by Gasteiger charge is -2.32. The van der Waals surface area contributed by atoms with Crippen LogP contribution in [0.15, 0.2) is 12.7 Å². The highest BCUT2D eigenvalue weighted by Crippen LogP contribution is 2.31. The van der Waals surface area contributed by atoms with Crippen molar-refractivity contribution in [3.8, 4) is 0 Å². The van der Waals surface area contributed by atoms with Gasteiger partial charge >= 0.3 is 0 Å². The first kappa shape index (κ1) is 21.7. The number of thiol groups is 1. The molecule has 0 spiro atoms. The Morgan fingerprint density at radius 1 is 1.43 bits per heavy atom. The Balaban J connectivity index is 0.000000688. The van der Waals surface area contributed by atoms with Crippen LogP contribution in [0.1, 0.15) is 39.0 Å². The van der Waals surface area contributed by atoms with E-state index in [0.29, 0.717) is 12.8 Å². The number of carbonyl (C=O) groups is 2. The van der Waals surface area contributed by atoms with Gasteiger partial charge in [-0.3, -0.25) is 9.59 Å². The third-order valence-electron chi connectivity index (χ3n) is 3.66. The zero-order valence-electron chi connectivity index (χ0n) is 13.4. The number of carbonyl (C=O) groups excluding carboxylic acids is 2. The molecule has 0 radical (unpaired) electrons. The molecular weight excluding hydrogens is 322 g/mol. The summed E-state index contributed by atoms with van der Waals surface area (Å²) in [4.78, 5) is 23.3. The summed E-state index contributed by atoms with van der Waals surface area (Å²) in [6.07, 6.45) is 4.58. The van der Waals surface area contributed by atoms with Gasteiger partial charge in [-0.05, 0) is 12.8 Å². The molecule has 0 bridgehead atoms. The zero-order chi connectivity index (χ0) is 18.0. The van der Waals surface area contributed by atoms with Crippen molar-refractivity contribution in [2.24, 2.45) is 17.4 Å². The van der Waals surface area contributed by atoms with Crippen LogP contribution in [-0.2, 0) is 20.3 Å². The van der Waals surface area contributed by atoms with E-state index in [9.17, 15) is 23.2 Å². The third kappa shape index (κ3) is 6.38. The Bertz CT molecular complexity index is 487. The van der Waals surface area contributed by atoms with Crippen molar-refractivity contribution in [1.82, 2.24) is 5.06 Å². The minimum Gasteiger partial charge on any atom is -0.369 e. The Morgan fingerprint density at radius 2 is 2.04 bits per heavy atom. The quantitative estimate of drug-likeness (QED) is 0.269. The molecule has 1 saturated heterocycles. The highest BCUT2D eigenvalue weighted by molar-refractivity contribution is 7.72. The number of hydroxylamine groups is 2. The van der Waals surface area contributed by atoms with E-state index in [4.69, 9.17) is 11.5 Å². The topological polar surface area (TPSA) is 144 Å². The predicted octanol–water partition coefficient (Wildman–Crippen LogP) is -0.229. The molecule has 0 aromatic heterocycles. The van der Waals surface area contributed by atoms with Crippen molar-refractivity contribution < 1.29 is 23.2 Å². The number of Topliss-reactive ketones (excluding diaryl/α,β-unsaturated/α-hetero) is 1. The van der Waals surface area contributed by atoms with Gasteiger partial charge in [-0.25, -0.2) is 8.42 Å². The number of ketones is 1. The largest absolute Gasteiger partial charge is 0.369 e.